The van der Waals surface area contributed by atoms with Crippen LogP contribution in [0.5, 0.6) is 0 Å². The molecule has 1 aliphatic heterocycles. The van der Waals surface area contributed by atoms with Crippen LogP contribution >= 0.6 is 22.7 Å². The minimum Gasteiger partial charge on any atom is -0.465 e. The summed E-state index contributed by atoms with van der Waals surface area (Å²) in [6.07, 6.45) is 6.82. The third kappa shape index (κ3) is 5.39. The number of hydrogen-bond donors (Lipinski definition) is 0. The van der Waals surface area contributed by atoms with Gasteiger partial charge in [-0.25, -0.2) is 4.79 Å². The fourth-order valence-corrected chi connectivity index (χ4v) is 4.94. The van der Waals surface area contributed by atoms with Gasteiger partial charge < -0.3 is 9.64 Å². The zero-order valence-electron chi connectivity index (χ0n) is 15.8. The van der Waals surface area contributed by atoms with Gasteiger partial charge in [0.2, 0.25) is 5.91 Å². The summed E-state index contributed by atoms with van der Waals surface area (Å²) in [5.41, 5.74) is 0. The van der Waals surface area contributed by atoms with Gasteiger partial charge in [-0.15, -0.1) is 22.7 Å². The molecule has 1 aliphatic rings. The molecular weight excluding hydrogens is 394 g/mol. The maximum absolute atomic E-state index is 12.2. The molecule has 2 aromatic rings. The van der Waals surface area contributed by atoms with Gasteiger partial charge in [0.1, 0.15) is 4.88 Å². The topological polar surface area (TPSA) is 63.7 Å². The van der Waals surface area contributed by atoms with E-state index in [0.29, 0.717) is 24.3 Å². The van der Waals surface area contributed by atoms with Crippen molar-refractivity contribution in [2.75, 3.05) is 13.7 Å². The summed E-state index contributed by atoms with van der Waals surface area (Å²) in [5.74, 6) is -0.110. The number of hydrogen-bond acceptors (Lipinski definition) is 6. The van der Waals surface area contributed by atoms with Crippen LogP contribution in [-0.4, -0.2) is 42.3 Å². The summed E-state index contributed by atoms with van der Waals surface area (Å²) in [4.78, 5) is 40.5. The zero-order chi connectivity index (χ0) is 19.9. The van der Waals surface area contributed by atoms with Crippen molar-refractivity contribution in [3.8, 4) is 0 Å². The van der Waals surface area contributed by atoms with Crippen molar-refractivity contribution in [1.82, 2.24) is 4.90 Å². The Morgan fingerprint density at radius 2 is 2.14 bits per heavy atom. The number of ketones is 1. The van der Waals surface area contributed by atoms with Crippen LogP contribution < -0.4 is 0 Å². The SMILES string of the molecule is COC(=O)c1ccc(CCCN2C(=O)CC[C@@H]2C=CC(=O)Cc2cccs2)s1. The molecule has 0 N–H and O–H groups in total. The fourth-order valence-electron chi connectivity index (χ4n) is 3.25. The number of esters is 1. The number of nitrogens with zero attached hydrogens (tertiary/aromatic N) is 1. The predicted molar refractivity (Wildman–Crippen MR) is 111 cm³/mol. The molecule has 1 amide bonds. The highest BCUT2D eigenvalue weighted by molar-refractivity contribution is 7.13. The summed E-state index contributed by atoms with van der Waals surface area (Å²) in [7, 11) is 1.37. The van der Waals surface area contributed by atoms with E-state index in [2.05, 4.69) is 0 Å². The number of amides is 1. The first-order valence-electron chi connectivity index (χ1n) is 9.26. The summed E-state index contributed by atoms with van der Waals surface area (Å²) in [6.45, 7) is 0.651. The van der Waals surface area contributed by atoms with E-state index >= 15 is 0 Å². The minimum absolute atomic E-state index is 0.00579. The van der Waals surface area contributed by atoms with Gasteiger partial charge in [0.25, 0.3) is 0 Å². The van der Waals surface area contributed by atoms with E-state index in [4.69, 9.17) is 4.74 Å². The maximum atomic E-state index is 12.2. The molecule has 0 unspecified atom stereocenters. The Labute approximate surface area is 172 Å². The number of thiophene rings is 2. The number of allylic oxidation sites excluding steroid dienone is 1. The van der Waals surface area contributed by atoms with E-state index < -0.39 is 0 Å². The van der Waals surface area contributed by atoms with E-state index in [1.165, 1.54) is 18.4 Å². The second-order valence-corrected chi connectivity index (χ2v) is 8.84. The minimum atomic E-state index is -0.316. The molecule has 0 aromatic carbocycles. The molecular formula is C21H23NO4S2. The van der Waals surface area contributed by atoms with Crippen LogP contribution in [0.4, 0.5) is 0 Å². The monoisotopic (exact) mass is 417 g/mol. The van der Waals surface area contributed by atoms with Crippen LogP contribution in [0.25, 0.3) is 0 Å². The number of ether oxygens (including phenoxy) is 1. The van der Waals surface area contributed by atoms with Gasteiger partial charge >= 0.3 is 5.97 Å². The highest BCUT2D eigenvalue weighted by Gasteiger charge is 2.28. The van der Waals surface area contributed by atoms with E-state index in [0.717, 1.165) is 29.0 Å². The second kappa shape index (κ2) is 9.80. The Hall–Kier alpha value is -2.25. The normalized spacial score (nSPS) is 16.8. The molecule has 0 bridgehead atoms. The van der Waals surface area contributed by atoms with Crippen molar-refractivity contribution in [1.29, 1.82) is 0 Å². The molecule has 1 fully saturated rings. The molecule has 5 nitrogen and oxygen atoms in total. The van der Waals surface area contributed by atoms with E-state index in [1.807, 2.05) is 34.6 Å². The van der Waals surface area contributed by atoms with Crippen LogP contribution in [0.2, 0.25) is 0 Å². The largest absolute Gasteiger partial charge is 0.465 e. The molecule has 0 spiro atoms. The van der Waals surface area contributed by atoms with Crippen molar-refractivity contribution in [3.63, 3.8) is 0 Å². The first-order chi connectivity index (χ1) is 13.6. The molecule has 0 radical (unpaired) electrons. The maximum Gasteiger partial charge on any atom is 0.348 e. The van der Waals surface area contributed by atoms with Crippen LogP contribution in [0.1, 0.15) is 38.7 Å². The molecule has 148 valence electrons. The summed E-state index contributed by atoms with van der Waals surface area (Å²) >= 11 is 3.01. The fraction of sp³-hybridized carbons (Fsp3) is 0.381. The van der Waals surface area contributed by atoms with E-state index in [-0.39, 0.29) is 23.7 Å². The lowest BCUT2D eigenvalue weighted by atomic mass is 10.1. The molecule has 7 heteroatoms. The van der Waals surface area contributed by atoms with Crippen LogP contribution in [0, 0.1) is 0 Å². The summed E-state index contributed by atoms with van der Waals surface area (Å²) in [6, 6.07) is 7.60. The highest BCUT2D eigenvalue weighted by atomic mass is 32.1. The number of carbonyl (C=O) groups excluding carboxylic acids is 3. The molecule has 0 saturated carbocycles. The third-order valence-corrected chi connectivity index (χ3v) is 6.68. The lowest BCUT2D eigenvalue weighted by Gasteiger charge is -2.22. The summed E-state index contributed by atoms with van der Waals surface area (Å²) in [5, 5.41) is 1.96. The number of methoxy groups -OCH3 is 1. The lowest BCUT2D eigenvalue weighted by Crippen LogP contribution is -2.33. The smallest absolute Gasteiger partial charge is 0.348 e. The van der Waals surface area contributed by atoms with Crippen molar-refractivity contribution in [3.05, 3.63) is 56.4 Å². The van der Waals surface area contributed by atoms with Gasteiger partial charge in [-0.1, -0.05) is 12.1 Å². The van der Waals surface area contributed by atoms with Crippen LogP contribution in [0.3, 0.4) is 0 Å². The first-order valence-corrected chi connectivity index (χ1v) is 11.0. The third-order valence-electron chi connectivity index (χ3n) is 4.68. The van der Waals surface area contributed by atoms with E-state index in [1.54, 1.807) is 23.5 Å². The molecule has 3 rings (SSSR count). The lowest BCUT2D eigenvalue weighted by molar-refractivity contribution is -0.128. The second-order valence-electron chi connectivity index (χ2n) is 6.64. The number of carbonyl (C=O) groups is 3. The van der Waals surface area contributed by atoms with Crippen molar-refractivity contribution in [2.45, 2.75) is 38.1 Å². The Morgan fingerprint density at radius 3 is 2.89 bits per heavy atom. The van der Waals surface area contributed by atoms with Crippen LogP contribution in [-0.2, 0) is 27.2 Å². The van der Waals surface area contributed by atoms with E-state index in [9.17, 15) is 14.4 Å². The van der Waals surface area contributed by atoms with Crippen LogP contribution in [0.15, 0.2) is 41.8 Å². The molecule has 3 heterocycles. The zero-order valence-corrected chi connectivity index (χ0v) is 17.4. The molecule has 28 heavy (non-hydrogen) atoms. The Morgan fingerprint density at radius 1 is 1.29 bits per heavy atom. The van der Waals surface area contributed by atoms with Gasteiger partial charge in [0, 0.05) is 29.1 Å². The Balaban J connectivity index is 1.49. The van der Waals surface area contributed by atoms with Gasteiger partial charge in [-0.3, -0.25) is 9.59 Å². The number of aryl methyl sites for hydroxylation is 1. The van der Waals surface area contributed by atoms with Crippen molar-refractivity contribution in [2.24, 2.45) is 0 Å². The molecule has 0 aliphatic carbocycles. The standard InChI is InChI=1S/C21H23NO4S2/c1-26-21(25)19-10-9-17(28-19)4-2-12-22-15(7-11-20(22)24)6-8-16(23)14-18-5-3-13-27-18/h3,5-6,8-10,13,15H,2,4,7,11-12,14H2,1H3/t15-/m0/s1. The summed E-state index contributed by atoms with van der Waals surface area (Å²) < 4.78 is 4.73. The average Bonchev–Trinajstić information content (AvgIpc) is 3.43. The molecule has 2 aromatic heterocycles. The molecule has 1 saturated heterocycles. The molecule has 1 atom stereocenters. The Bertz CT molecular complexity index is 854. The van der Waals surface area contributed by atoms with Gasteiger partial charge in [-0.05, 0) is 48.9 Å². The van der Waals surface area contributed by atoms with Gasteiger partial charge in [-0.2, -0.15) is 0 Å². The van der Waals surface area contributed by atoms with Crippen molar-refractivity contribution >= 4 is 40.3 Å². The average molecular weight is 418 g/mol. The highest BCUT2D eigenvalue weighted by Crippen LogP contribution is 2.23. The Kier molecular flexibility index (Phi) is 7.17. The number of likely N-dealkylation sites (tertiary alicyclic amines) is 1. The van der Waals surface area contributed by atoms with Crippen molar-refractivity contribution < 1.29 is 19.1 Å². The quantitative estimate of drug-likeness (QED) is 0.459. The number of rotatable bonds is 9. The first kappa shape index (κ1) is 20.5. The predicted octanol–water partition coefficient (Wildman–Crippen LogP) is 3.89. The van der Waals surface area contributed by atoms with Gasteiger partial charge in [0.15, 0.2) is 5.78 Å². The van der Waals surface area contributed by atoms with Gasteiger partial charge in [0.05, 0.1) is 13.2 Å².